The van der Waals surface area contributed by atoms with E-state index in [1.54, 1.807) is 0 Å². The average Bonchev–Trinajstić information content (AvgIpc) is 3.04. The van der Waals surface area contributed by atoms with Crippen LogP contribution in [0.4, 0.5) is 0 Å². The zero-order chi connectivity index (χ0) is 12.7. The normalized spacial score (nSPS) is 33.4. The minimum Gasteiger partial charge on any atom is -0.302 e. The van der Waals surface area contributed by atoms with E-state index in [-0.39, 0.29) is 0 Å². The molecule has 1 N–H and O–H groups in total. The molecule has 1 saturated heterocycles. The van der Waals surface area contributed by atoms with Crippen molar-refractivity contribution < 1.29 is 0 Å². The predicted molar refractivity (Wildman–Crippen MR) is 73.8 cm³/mol. The van der Waals surface area contributed by atoms with E-state index in [4.69, 9.17) is 0 Å². The molecule has 4 heteroatoms. The second-order valence-electron chi connectivity index (χ2n) is 6.10. The Morgan fingerprint density at radius 2 is 2.32 bits per heavy atom. The topological polar surface area (TPSA) is 44.8 Å². The molecule has 3 atom stereocenters. The van der Waals surface area contributed by atoms with Gasteiger partial charge < -0.3 is 4.90 Å². The zero-order valence-corrected chi connectivity index (χ0v) is 11.1. The van der Waals surface area contributed by atoms with Crippen molar-refractivity contribution in [3.8, 4) is 0 Å². The lowest BCUT2D eigenvalue weighted by atomic mass is 9.82. The summed E-state index contributed by atoms with van der Waals surface area (Å²) >= 11 is 0. The van der Waals surface area contributed by atoms with Crippen molar-refractivity contribution in [2.45, 2.75) is 25.2 Å². The van der Waals surface area contributed by atoms with Gasteiger partial charge in [-0.25, -0.2) is 0 Å². The molecule has 4 rings (SSSR count). The number of likely N-dealkylation sites (tertiary alicyclic amines) is 1. The Morgan fingerprint density at radius 3 is 3.21 bits per heavy atom. The molecular formula is C15H20N4. The number of rotatable bonds is 2. The fourth-order valence-corrected chi connectivity index (χ4v) is 3.89. The van der Waals surface area contributed by atoms with Crippen molar-refractivity contribution in [1.82, 2.24) is 20.3 Å². The molecule has 1 fully saturated rings. The van der Waals surface area contributed by atoms with Gasteiger partial charge in [0.25, 0.3) is 0 Å². The van der Waals surface area contributed by atoms with Crippen LogP contribution in [0.2, 0.25) is 0 Å². The van der Waals surface area contributed by atoms with Crippen LogP contribution in [0.15, 0.2) is 24.3 Å². The molecule has 1 aromatic heterocycles. The number of allylic oxidation sites excluding steroid dienone is 3. The first-order valence-corrected chi connectivity index (χ1v) is 7.35. The number of hydrogen-bond donors (Lipinski definition) is 1. The summed E-state index contributed by atoms with van der Waals surface area (Å²) in [6.07, 6.45) is 12.6. The highest BCUT2D eigenvalue weighted by atomic mass is 15.3. The van der Waals surface area contributed by atoms with Gasteiger partial charge in [-0.15, -0.1) is 5.10 Å². The molecule has 0 aromatic carbocycles. The van der Waals surface area contributed by atoms with E-state index in [1.165, 1.54) is 43.9 Å². The highest BCUT2D eigenvalue weighted by Crippen LogP contribution is 2.39. The lowest BCUT2D eigenvalue weighted by molar-refractivity contribution is 0.289. The molecule has 2 heterocycles. The van der Waals surface area contributed by atoms with Crippen LogP contribution in [-0.2, 0) is 6.42 Å². The summed E-state index contributed by atoms with van der Waals surface area (Å²) in [5.41, 5.74) is 2.53. The average molecular weight is 256 g/mol. The number of nitrogens with zero attached hydrogens (tertiary/aromatic N) is 3. The van der Waals surface area contributed by atoms with Gasteiger partial charge in [-0.1, -0.05) is 29.5 Å². The highest BCUT2D eigenvalue weighted by Gasteiger charge is 2.39. The van der Waals surface area contributed by atoms with E-state index in [0.29, 0.717) is 11.8 Å². The van der Waals surface area contributed by atoms with Gasteiger partial charge in [0.15, 0.2) is 0 Å². The number of aromatic amines is 1. The van der Waals surface area contributed by atoms with Gasteiger partial charge in [-0.2, -0.15) is 0 Å². The highest BCUT2D eigenvalue weighted by molar-refractivity contribution is 5.22. The summed E-state index contributed by atoms with van der Waals surface area (Å²) in [6.45, 7) is 3.62. The quantitative estimate of drug-likeness (QED) is 0.879. The number of hydrogen-bond acceptors (Lipinski definition) is 3. The molecular weight excluding hydrogens is 236 g/mol. The van der Waals surface area contributed by atoms with Crippen molar-refractivity contribution in [3.05, 3.63) is 35.7 Å². The number of fused-ring (bicyclic) bond motifs is 3. The molecule has 0 spiro atoms. The first-order chi connectivity index (χ1) is 9.40. The number of nitrogens with one attached hydrogen (secondary N) is 1. The van der Waals surface area contributed by atoms with Crippen molar-refractivity contribution in [3.63, 3.8) is 0 Å². The third-order valence-corrected chi connectivity index (χ3v) is 4.85. The largest absolute Gasteiger partial charge is 0.302 e. The maximum absolute atomic E-state index is 4.21. The lowest BCUT2D eigenvalue weighted by Gasteiger charge is -2.22. The Balaban J connectivity index is 1.46. The third-order valence-electron chi connectivity index (χ3n) is 4.85. The summed E-state index contributed by atoms with van der Waals surface area (Å²) in [5.74, 6) is 2.14. The first-order valence-electron chi connectivity index (χ1n) is 7.35. The molecule has 19 heavy (non-hydrogen) atoms. The van der Waals surface area contributed by atoms with Crippen LogP contribution in [-0.4, -0.2) is 39.9 Å². The molecule has 0 saturated carbocycles. The Bertz CT molecular complexity index is 516. The summed E-state index contributed by atoms with van der Waals surface area (Å²) in [6, 6.07) is 0. The molecule has 4 nitrogen and oxygen atoms in total. The first kappa shape index (κ1) is 11.4. The fourth-order valence-electron chi connectivity index (χ4n) is 3.89. The van der Waals surface area contributed by atoms with Crippen molar-refractivity contribution in [2.24, 2.45) is 11.8 Å². The Labute approximate surface area is 113 Å². The third kappa shape index (κ3) is 2.04. The van der Waals surface area contributed by atoms with E-state index in [0.717, 1.165) is 12.3 Å². The second-order valence-corrected chi connectivity index (χ2v) is 6.10. The van der Waals surface area contributed by atoms with E-state index in [1.807, 2.05) is 0 Å². The Hall–Kier alpha value is -1.42. The lowest BCUT2D eigenvalue weighted by Crippen LogP contribution is -2.27. The van der Waals surface area contributed by atoms with Gasteiger partial charge in [0.05, 0.1) is 11.4 Å². The van der Waals surface area contributed by atoms with Crippen LogP contribution in [0.3, 0.4) is 0 Å². The summed E-state index contributed by atoms with van der Waals surface area (Å²) in [7, 11) is 0. The van der Waals surface area contributed by atoms with Crippen molar-refractivity contribution in [1.29, 1.82) is 0 Å². The molecule has 0 bridgehead atoms. The van der Waals surface area contributed by atoms with Gasteiger partial charge in [0.1, 0.15) is 0 Å². The second kappa shape index (κ2) is 4.60. The van der Waals surface area contributed by atoms with Gasteiger partial charge in [0.2, 0.25) is 0 Å². The molecule has 100 valence electrons. The van der Waals surface area contributed by atoms with Gasteiger partial charge >= 0.3 is 0 Å². The van der Waals surface area contributed by atoms with E-state index < -0.39 is 0 Å². The van der Waals surface area contributed by atoms with Crippen molar-refractivity contribution in [2.75, 3.05) is 19.6 Å². The van der Waals surface area contributed by atoms with Gasteiger partial charge in [-0.05, 0) is 31.1 Å². The minimum absolute atomic E-state index is 0.641. The molecule has 0 radical (unpaired) electrons. The fraction of sp³-hybridized carbons (Fsp3) is 0.600. The Morgan fingerprint density at radius 1 is 1.32 bits per heavy atom. The Kier molecular flexibility index (Phi) is 2.76. The maximum Gasteiger partial charge on any atom is 0.0860 e. The van der Waals surface area contributed by atoms with E-state index >= 15 is 0 Å². The molecule has 1 aromatic rings. The summed E-state index contributed by atoms with van der Waals surface area (Å²) in [5, 5.41) is 11.3. The summed E-state index contributed by atoms with van der Waals surface area (Å²) in [4.78, 5) is 2.64. The number of H-pyrrole nitrogens is 1. The zero-order valence-electron chi connectivity index (χ0n) is 11.1. The van der Waals surface area contributed by atoms with Crippen LogP contribution < -0.4 is 0 Å². The van der Waals surface area contributed by atoms with Gasteiger partial charge in [-0.3, -0.25) is 5.10 Å². The molecule has 1 unspecified atom stereocenters. The molecule has 2 aliphatic carbocycles. The molecule has 1 aliphatic heterocycles. The van der Waals surface area contributed by atoms with Crippen LogP contribution >= 0.6 is 0 Å². The van der Waals surface area contributed by atoms with E-state index in [9.17, 15) is 0 Å². The minimum atomic E-state index is 0.641. The predicted octanol–water partition coefficient (Wildman–Crippen LogP) is 1.90. The standard InChI is InChI=1S/C15H20N4/c1-2-4-11(5-3-1)8-19-9-12-6-7-14-15(13(12)10-19)17-18-16-14/h1-4,11-13H,5-10H2,(H,16,17,18)/t11?,12-,13+/m0/s1. The van der Waals surface area contributed by atoms with Gasteiger partial charge in [0, 0.05) is 25.6 Å². The van der Waals surface area contributed by atoms with Crippen molar-refractivity contribution >= 4 is 0 Å². The van der Waals surface area contributed by atoms with Crippen LogP contribution in [0.25, 0.3) is 0 Å². The van der Waals surface area contributed by atoms with Crippen LogP contribution in [0, 0.1) is 11.8 Å². The maximum atomic E-state index is 4.21. The SMILES string of the molecule is C1=CCC(CN2C[C@@H]3CCc4nn[nH]c4[C@@H]3C2)C=C1. The van der Waals surface area contributed by atoms with Crippen LogP contribution in [0.1, 0.15) is 30.1 Å². The number of aryl methyl sites for hydroxylation is 1. The molecule has 3 aliphatic rings. The van der Waals surface area contributed by atoms with E-state index in [2.05, 4.69) is 44.6 Å². The summed E-state index contributed by atoms with van der Waals surface area (Å²) < 4.78 is 0. The van der Waals surface area contributed by atoms with Crippen LogP contribution in [0.5, 0.6) is 0 Å². The smallest absolute Gasteiger partial charge is 0.0860 e. The number of aromatic nitrogens is 3. The molecule has 0 amide bonds. The monoisotopic (exact) mass is 256 g/mol.